The summed E-state index contributed by atoms with van der Waals surface area (Å²) in [4.78, 5) is 32.9. The zero-order valence-electron chi connectivity index (χ0n) is 12.3. The summed E-state index contributed by atoms with van der Waals surface area (Å²) < 4.78 is 0. The first-order valence-corrected chi connectivity index (χ1v) is 8.28. The molecular weight excluding hydrogens is 300 g/mol. The number of aromatic nitrogens is 2. The van der Waals surface area contributed by atoms with Gasteiger partial charge in [-0.3, -0.25) is 9.59 Å². The zero-order chi connectivity index (χ0) is 15.5. The first-order chi connectivity index (χ1) is 10.6. The summed E-state index contributed by atoms with van der Waals surface area (Å²) in [5.41, 5.74) is 1.84. The van der Waals surface area contributed by atoms with E-state index in [9.17, 15) is 9.59 Å². The number of hydrogen-bond donors (Lipinski definition) is 2. The van der Waals surface area contributed by atoms with Crippen molar-refractivity contribution in [1.29, 1.82) is 0 Å². The number of aromatic amines is 1. The minimum absolute atomic E-state index is 0.0677. The van der Waals surface area contributed by atoms with Crippen molar-refractivity contribution < 1.29 is 9.59 Å². The van der Waals surface area contributed by atoms with Crippen molar-refractivity contribution in [2.24, 2.45) is 0 Å². The number of imidazole rings is 1. The Hall–Kier alpha value is -2.02. The second-order valence-electron chi connectivity index (χ2n) is 5.28. The standard InChI is InChI=1S/C15H18N4O2S/c1-10(14-17-11-4-2-3-5-12(11)18-14)16-13(20)6-7-19-8-9-22-15(19)21/h2-5,10H,6-9H2,1H3,(H,16,20)(H,17,18)/t10-/m1/s1. The SMILES string of the molecule is C[C@@H](NC(=O)CCN1CCSC1=O)c1nc2ccccc2[nH]1. The number of rotatable bonds is 5. The molecule has 7 heteroatoms. The molecule has 2 aromatic rings. The molecule has 22 heavy (non-hydrogen) atoms. The molecule has 1 aliphatic rings. The highest BCUT2D eigenvalue weighted by atomic mass is 32.2. The van der Waals surface area contributed by atoms with Gasteiger partial charge in [-0.25, -0.2) is 4.98 Å². The van der Waals surface area contributed by atoms with E-state index < -0.39 is 0 Å². The van der Waals surface area contributed by atoms with Crippen LogP contribution in [0.4, 0.5) is 4.79 Å². The van der Waals surface area contributed by atoms with Gasteiger partial charge in [-0.15, -0.1) is 0 Å². The fraction of sp³-hybridized carbons (Fsp3) is 0.400. The predicted molar refractivity (Wildman–Crippen MR) is 86.7 cm³/mol. The number of H-pyrrole nitrogens is 1. The van der Waals surface area contributed by atoms with Crippen LogP contribution in [-0.2, 0) is 4.79 Å². The van der Waals surface area contributed by atoms with Crippen LogP contribution in [0.3, 0.4) is 0 Å². The van der Waals surface area contributed by atoms with Gasteiger partial charge in [0.25, 0.3) is 5.24 Å². The van der Waals surface area contributed by atoms with Crippen LogP contribution < -0.4 is 5.32 Å². The molecule has 2 amide bonds. The van der Waals surface area contributed by atoms with E-state index in [1.54, 1.807) is 4.90 Å². The molecule has 1 saturated heterocycles. The first-order valence-electron chi connectivity index (χ1n) is 7.29. The summed E-state index contributed by atoms with van der Waals surface area (Å²) in [7, 11) is 0. The van der Waals surface area contributed by atoms with Crippen molar-refractivity contribution in [2.45, 2.75) is 19.4 Å². The molecule has 116 valence electrons. The number of fused-ring (bicyclic) bond motifs is 1. The van der Waals surface area contributed by atoms with E-state index in [4.69, 9.17) is 0 Å². The minimum Gasteiger partial charge on any atom is -0.346 e. The molecule has 2 N–H and O–H groups in total. The summed E-state index contributed by atoms with van der Waals surface area (Å²) in [6, 6.07) is 7.57. The van der Waals surface area contributed by atoms with E-state index in [0.29, 0.717) is 13.0 Å². The van der Waals surface area contributed by atoms with Crippen LogP contribution >= 0.6 is 11.8 Å². The Bertz CT molecular complexity index is 667. The molecule has 0 spiro atoms. The molecule has 1 aromatic carbocycles. The Morgan fingerprint density at radius 2 is 2.32 bits per heavy atom. The van der Waals surface area contributed by atoms with Crippen molar-refractivity contribution in [2.75, 3.05) is 18.8 Å². The molecule has 1 atom stereocenters. The van der Waals surface area contributed by atoms with Crippen LogP contribution in [0, 0.1) is 0 Å². The number of carbonyl (C=O) groups is 2. The molecule has 1 aliphatic heterocycles. The number of thioether (sulfide) groups is 1. The summed E-state index contributed by atoms with van der Waals surface area (Å²) in [6.07, 6.45) is 0.316. The third-order valence-electron chi connectivity index (χ3n) is 3.65. The highest BCUT2D eigenvalue weighted by molar-refractivity contribution is 8.13. The molecule has 1 aromatic heterocycles. The summed E-state index contributed by atoms with van der Waals surface area (Å²) in [5, 5.41) is 2.99. The lowest BCUT2D eigenvalue weighted by Crippen LogP contribution is -2.32. The van der Waals surface area contributed by atoms with Crippen LogP contribution in [0.15, 0.2) is 24.3 Å². The van der Waals surface area contributed by atoms with Gasteiger partial charge >= 0.3 is 0 Å². The Kier molecular flexibility index (Phi) is 4.33. The predicted octanol–water partition coefficient (Wildman–Crippen LogP) is 2.30. The van der Waals surface area contributed by atoms with Gasteiger partial charge in [0.1, 0.15) is 5.82 Å². The summed E-state index contributed by atoms with van der Waals surface area (Å²) >= 11 is 1.31. The molecule has 3 rings (SSSR count). The average molecular weight is 318 g/mol. The lowest BCUT2D eigenvalue weighted by molar-refractivity contribution is -0.121. The second kappa shape index (κ2) is 6.39. The molecule has 0 bridgehead atoms. The fourth-order valence-electron chi connectivity index (χ4n) is 2.42. The van der Waals surface area contributed by atoms with Crippen LogP contribution in [0.1, 0.15) is 25.2 Å². The van der Waals surface area contributed by atoms with Gasteiger partial charge in [-0.1, -0.05) is 23.9 Å². The lowest BCUT2D eigenvalue weighted by Gasteiger charge is -2.15. The number of carbonyl (C=O) groups excluding carboxylic acids is 2. The van der Waals surface area contributed by atoms with Gasteiger partial charge in [0.15, 0.2) is 0 Å². The first kappa shape index (κ1) is 14.9. The van der Waals surface area contributed by atoms with Gasteiger partial charge < -0.3 is 15.2 Å². The number of para-hydroxylation sites is 2. The zero-order valence-corrected chi connectivity index (χ0v) is 13.2. The number of nitrogens with one attached hydrogen (secondary N) is 2. The van der Waals surface area contributed by atoms with E-state index in [1.165, 1.54) is 11.8 Å². The van der Waals surface area contributed by atoms with E-state index in [-0.39, 0.29) is 17.2 Å². The summed E-state index contributed by atoms with van der Waals surface area (Å²) in [6.45, 7) is 3.10. The number of benzene rings is 1. The number of amides is 2. The normalized spacial score (nSPS) is 16.2. The smallest absolute Gasteiger partial charge is 0.281 e. The molecule has 0 aliphatic carbocycles. The largest absolute Gasteiger partial charge is 0.346 e. The van der Waals surface area contributed by atoms with Gasteiger partial charge in [0.05, 0.1) is 17.1 Å². The van der Waals surface area contributed by atoms with E-state index >= 15 is 0 Å². The van der Waals surface area contributed by atoms with Crippen LogP contribution in [0.25, 0.3) is 11.0 Å². The summed E-state index contributed by atoms with van der Waals surface area (Å²) in [5.74, 6) is 1.48. The van der Waals surface area contributed by atoms with Gasteiger partial charge in [0.2, 0.25) is 5.91 Å². The quantitative estimate of drug-likeness (QED) is 0.886. The number of hydrogen-bond acceptors (Lipinski definition) is 4. The van der Waals surface area contributed by atoms with Crippen molar-refractivity contribution in [3.63, 3.8) is 0 Å². The lowest BCUT2D eigenvalue weighted by atomic mass is 10.3. The van der Waals surface area contributed by atoms with Crippen LogP contribution in [0.5, 0.6) is 0 Å². The molecule has 0 radical (unpaired) electrons. The van der Waals surface area contributed by atoms with Crippen LogP contribution in [-0.4, -0.2) is 44.9 Å². The molecule has 0 unspecified atom stereocenters. The third-order valence-corrected chi connectivity index (χ3v) is 4.54. The topological polar surface area (TPSA) is 78.1 Å². The van der Waals surface area contributed by atoms with E-state index in [1.807, 2.05) is 31.2 Å². The van der Waals surface area contributed by atoms with E-state index in [2.05, 4.69) is 15.3 Å². The van der Waals surface area contributed by atoms with E-state index in [0.717, 1.165) is 29.2 Å². The average Bonchev–Trinajstić information content (AvgIpc) is 3.11. The second-order valence-corrected chi connectivity index (χ2v) is 6.33. The molecular formula is C15H18N4O2S. The Morgan fingerprint density at radius 3 is 3.05 bits per heavy atom. The number of nitrogens with zero attached hydrogens (tertiary/aromatic N) is 2. The van der Waals surface area contributed by atoms with Gasteiger partial charge in [0, 0.05) is 25.3 Å². The van der Waals surface area contributed by atoms with Gasteiger partial charge in [-0.2, -0.15) is 0 Å². The van der Waals surface area contributed by atoms with Crippen LogP contribution in [0.2, 0.25) is 0 Å². The van der Waals surface area contributed by atoms with Crippen molar-refractivity contribution in [3.8, 4) is 0 Å². The van der Waals surface area contributed by atoms with Gasteiger partial charge in [-0.05, 0) is 19.1 Å². The van der Waals surface area contributed by atoms with Crippen molar-refractivity contribution >= 4 is 33.9 Å². The highest BCUT2D eigenvalue weighted by Crippen LogP contribution is 2.18. The molecule has 6 nitrogen and oxygen atoms in total. The Morgan fingerprint density at radius 1 is 1.50 bits per heavy atom. The minimum atomic E-state index is -0.191. The monoisotopic (exact) mass is 318 g/mol. The maximum Gasteiger partial charge on any atom is 0.281 e. The maximum atomic E-state index is 12.0. The highest BCUT2D eigenvalue weighted by Gasteiger charge is 2.22. The fourth-order valence-corrected chi connectivity index (χ4v) is 3.28. The Balaban J connectivity index is 1.55. The molecule has 1 fully saturated rings. The third kappa shape index (κ3) is 3.24. The van der Waals surface area contributed by atoms with Crippen molar-refractivity contribution in [1.82, 2.24) is 20.2 Å². The maximum absolute atomic E-state index is 12.0. The van der Waals surface area contributed by atoms with Crippen molar-refractivity contribution in [3.05, 3.63) is 30.1 Å². The molecule has 2 heterocycles. The Labute approximate surface area is 132 Å². The molecule has 0 saturated carbocycles.